The second-order valence-corrected chi connectivity index (χ2v) is 10.2. The average Bonchev–Trinajstić information content (AvgIpc) is 1.98. The summed E-state index contributed by atoms with van der Waals surface area (Å²) in [7, 11) is -1.77. The number of ketones is 1. The second-order valence-electron chi connectivity index (χ2n) is 5.81. The van der Waals surface area contributed by atoms with Crippen LogP contribution in [-0.2, 0) is 26.3 Å². The predicted molar refractivity (Wildman–Crippen MR) is 69.1 cm³/mol. The monoisotopic (exact) mass is 307 g/mol. The number of aliphatic hydroxyl groups is 1. The summed E-state index contributed by atoms with van der Waals surface area (Å²) in [5, 5.41) is 9.55. The van der Waals surface area contributed by atoms with Crippen LogP contribution < -0.4 is 0 Å². The molecule has 0 rings (SSSR count). The van der Waals surface area contributed by atoms with E-state index in [0.717, 1.165) is 0 Å². The van der Waals surface area contributed by atoms with E-state index in [1.807, 2.05) is 33.5 Å². The van der Waals surface area contributed by atoms with E-state index in [1.54, 1.807) is 13.8 Å². The number of carbonyl (C=O) groups excluding carboxylic acids is 1. The van der Waals surface area contributed by atoms with Crippen LogP contribution in [0.25, 0.3) is 0 Å². The van der Waals surface area contributed by atoms with Gasteiger partial charge in [-0.05, 0) is 33.5 Å². The van der Waals surface area contributed by atoms with Crippen molar-refractivity contribution in [3.05, 3.63) is 11.8 Å². The van der Waals surface area contributed by atoms with Crippen molar-refractivity contribution in [2.45, 2.75) is 52.9 Å². The zero-order valence-electron chi connectivity index (χ0n) is 11.7. The Morgan fingerprint density at radius 1 is 1.29 bits per heavy atom. The van der Waals surface area contributed by atoms with E-state index in [0.29, 0.717) is 0 Å². The number of allylic oxidation sites excluding steroid dienone is 1. The van der Waals surface area contributed by atoms with Crippen LogP contribution in [0.5, 0.6) is 0 Å². The summed E-state index contributed by atoms with van der Waals surface area (Å²) in [6.45, 7) is 13.3. The average molecular weight is 308 g/mol. The van der Waals surface area contributed by atoms with E-state index < -0.39 is 13.9 Å². The molecule has 0 heterocycles. The minimum atomic E-state index is -1.77. The van der Waals surface area contributed by atoms with Crippen molar-refractivity contribution in [1.29, 1.82) is 0 Å². The predicted octanol–water partition coefficient (Wildman–Crippen LogP) is 3.28. The number of hydrogen-bond acceptors (Lipinski definition) is 3. The molecular formula is C12H24CuO3Si. The topological polar surface area (TPSA) is 46.5 Å². The molecule has 0 aliphatic heterocycles. The molecule has 3 nitrogen and oxygen atoms in total. The molecule has 0 fully saturated rings. The van der Waals surface area contributed by atoms with Gasteiger partial charge < -0.3 is 9.53 Å². The van der Waals surface area contributed by atoms with Crippen LogP contribution in [0.3, 0.4) is 0 Å². The smallest absolute Gasteiger partial charge is 0.189 e. The van der Waals surface area contributed by atoms with Crippen molar-refractivity contribution >= 4 is 14.1 Å². The SMILES string of the molecule is CC(C)C(O)=CC(=O)C(C)(C)O[Si](C)(C)C.[Cu]. The molecule has 0 amide bonds. The van der Waals surface area contributed by atoms with Crippen molar-refractivity contribution < 1.29 is 31.4 Å². The third kappa shape index (κ3) is 7.76. The van der Waals surface area contributed by atoms with Gasteiger partial charge in [-0.1, -0.05) is 13.8 Å². The van der Waals surface area contributed by atoms with Gasteiger partial charge in [0.15, 0.2) is 14.1 Å². The van der Waals surface area contributed by atoms with E-state index in [9.17, 15) is 9.90 Å². The Bertz CT molecular complexity index is 291. The Morgan fingerprint density at radius 3 is 2.00 bits per heavy atom. The maximum atomic E-state index is 11.9. The Labute approximate surface area is 116 Å². The molecular weight excluding hydrogens is 284 g/mol. The van der Waals surface area contributed by atoms with E-state index in [2.05, 4.69) is 0 Å². The van der Waals surface area contributed by atoms with Crippen molar-refractivity contribution in [3.63, 3.8) is 0 Å². The van der Waals surface area contributed by atoms with Crippen LogP contribution in [0.4, 0.5) is 0 Å². The fraction of sp³-hybridized carbons (Fsp3) is 0.750. The number of rotatable bonds is 5. The van der Waals surface area contributed by atoms with E-state index in [4.69, 9.17) is 4.43 Å². The van der Waals surface area contributed by atoms with Crippen LogP contribution in [0.15, 0.2) is 11.8 Å². The summed E-state index contributed by atoms with van der Waals surface area (Å²) < 4.78 is 5.80. The fourth-order valence-corrected chi connectivity index (χ4v) is 2.92. The van der Waals surface area contributed by atoms with Gasteiger partial charge in [-0.3, -0.25) is 4.79 Å². The first-order valence-corrected chi connectivity index (χ1v) is 9.01. The van der Waals surface area contributed by atoms with Crippen LogP contribution in [0, 0.1) is 5.92 Å². The maximum Gasteiger partial charge on any atom is 0.189 e. The van der Waals surface area contributed by atoms with Crippen LogP contribution in [-0.4, -0.2) is 24.8 Å². The first-order valence-electron chi connectivity index (χ1n) is 5.61. The van der Waals surface area contributed by atoms with Gasteiger partial charge in [-0.15, -0.1) is 0 Å². The molecule has 0 aromatic carbocycles. The molecule has 0 saturated heterocycles. The number of aliphatic hydroxyl groups excluding tert-OH is 1. The molecule has 17 heavy (non-hydrogen) atoms. The summed E-state index contributed by atoms with van der Waals surface area (Å²) in [6, 6.07) is 0. The summed E-state index contributed by atoms with van der Waals surface area (Å²) in [4.78, 5) is 11.9. The third-order valence-electron chi connectivity index (χ3n) is 2.03. The van der Waals surface area contributed by atoms with Gasteiger partial charge in [0.1, 0.15) is 5.60 Å². The molecule has 0 saturated carbocycles. The Hall–Kier alpha value is -0.0936. The largest absolute Gasteiger partial charge is 0.512 e. The van der Waals surface area contributed by atoms with Gasteiger partial charge in [-0.2, -0.15) is 0 Å². The van der Waals surface area contributed by atoms with E-state index in [-0.39, 0.29) is 34.5 Å². The van der Waals surface area contributed by atoms with Crippen molar-refractivity contribution in [3.8, 4) is 0 Å². The van der Waals surface area contributed by atoms with Crippen LogP contribution >= 0.6 is 0 Å². The molecule has 0 aliphatic carbocycles. The summed E-state index contributed by atoms with van der Waals surface area (Å²) >= 11 is 0. The molecule has 0 spiro atoms. The van der Waals surface area contributed by atoms with Gasteiger partial charge in [0, 0.05) is 29.1 Å². The molecule has 1 N–H and O–H groups in total. The molecule has 1 radical (unpaired) electrons. The molecule has 0 unspecified atom stereocenters. The maximum absolute atomic E-state index is 11.9. The standard InChI is InChI=1S/C12H24O3Si.Cu/c1-9(2)10(13)8-11(14)12(3,4)15-16(5,6)7;/h8-9,13H,1-7H3;. The molecule has 0 atom stereocenters. The first kappa shape index (κ1) is 19.3. The Balaban J connectivity index is 0. The van der Waals surface area contributed by atoms with Crippen LogP contribution in [0.1, 0.15) is 27.7 Å². The summed E-state index contributed by atoms with van der Waals surface area (Å²) in [6.07, 6.45) is 1.28. The van der Waals surface area contributed by atoms with Gasteiger partial charge in [-0.25, -0.2) is 0 Å². The van der Waals surface area contributed by atoms with E-state index >= 15 is 0 Å². The molecule has 105 valence electrons. The molecule has 0 aliphatic rings. The number of carbonyl (C=O) groups is 1. The summed E-state index contributed by atoms with van der Waals surface area (Å²) in [5.74, 6) is -0.106. The quantitative estimate of drug-likeness (QED) is 0.482. The van der Waals surface area contributed by atoms with E-state index in [1.165, 1.54) is 6.08 Å². The van der Waals surface area contributed by atoms with Gasteiger partial charge in [0.05, 0.1) is 5.76 Å². The van der Waals surface area contributed by atoms with Gasteiger partial charge >= 0.3 is 0 Å². The second kappa shape index (κ2) is 6.74. The normalized spacial score (nSPS) is 13.5. The molecule has 5 heteroatoms. The molecule has 0 aromatic rings. The third-order valence-corrected chi connectivity index (χ3v) is 3.15. The summed E-state index contributed by atoms with van der Waals surface area (Å²) in [5.41, 5.74) is -0.854. The zero-order valence-corrected chi connectivity index (χ0v) is 13.7. The van der Waals surface area contributed by atoms with Crippen LogP contribution in [0.2, 0.25) is 19.6 Å². The first-order chi connectivity index (χ1) is 6.96. The Kier molecular flexibility index (Phi) is 7.63. The Morgan fingerprint density at radius 2 is 1.71 bits per heavy atom. The van der Waals surface area contributed by atoms with Gasteiger partial charge in [0.25, 0.3) is 0 Å². The van der Waals surface area contributed by atoms with Crippen molar-refractivity contribution in [1.82, 2.24) is 0 Å². The zero-order chi connectivity index (χ0) is 13.1. The number of hydrogen-bond donors (Lipinski definition) is 1. The van der Waals surface area contributed by atoms with Crippen molar-refractivity contribution in [2.24, 2.45) is 5.92 Å². The fourth-order valence-electron chi connectivity index (χ4n) is 1.29. The molecule has 0 aromatic heterocycles. The minimum Gasteiger partial charge on any atom is -0.512 e. The van der Waals surface area contributed by atoms with Gasteiger partial charge in [0.2, 0.25) is 0 Å². The van der Waals surface area contributed by atoms with Crippen molar-refractivity contribution in [2.75, 3.05) is 0 Å². The minimum absolute atomic E-state index is 0. The molecule has 0 bridgehead atoms.